The van der Waals surface area contributed by atoms with Gasteiger partial charge in [-0.15, -0.1) is 0 Å². The van der Waals surface area contributed by atoms with Crippen molar-refractivity contribution >= 4 is 19.7 Å². The fourth-order valence-corrected chi connectivity index (χ4v) is 5.12. The molecule has 10 heteroatoms. The van der Waals surface area contributed by atoms with Crippen LogP contribution in [0.3, 0.4) is 0 Å². The summed E-state index contributed by atoms with van der Waals surface area (Å²) in [6.07, 6.45) is 23.5. The molecule has 0 aliphatic rings. The molecule has 0 saturated carbocycles. The molecule has 0 spiro atoms. The molecule has 1 amide bonds. The summed E-state index contributed by atoms with van der Waals surface area (Å²) in [5, 5.41) is 12.3. The molecule has 0 aliphatic carbocycles. The maximum Gasteiger partial charge on any atom is 0.472 e. The molecule has 0 heterocycles. The van der Waals surface area contributed by atoms with E-state index in [0.29, 0.717) is 12.8 Å². The lowest BCUT2D eigenvalue weighted by Gasteiger charge is -2.15. The van der Waals surface area contributed by atoms with Crippen molar-refractivity contribution in [2.24, 2.45) is 0 Å². The number of aliphatic hydroxyl groups excluding tert-OH is 1. The highest BCUT2D eigenvalue weighted by Crippen LogP contribution is 2.42. The van der Waals surface area contributed by atoms with E-state index < -0.39 is 26.5 Å². The summed E-state index contributed by atoms with van der Waals surface area (Å²) in [6, 6.07) is 0. The number of nitrogens with one attached hydrogen (secondary N) is 1. The normalized spacial score (nSPS) is 13.6. The second-order valence-corrected chi connectivity index (χ2v) is 12.2. The summed E-state index contributed by atoms with van der Waals surface area (Å²) in [6.45, 7) is 3.14. The number of phosphoric ester groups is 1. The molecule has 9 nitrogen and oxygen atoms in total. The number of esters is 1. The Bertz CT molecular complexity index is 649. The van der Waals surface area contributed by atoms with Gasteiger partial charge in [-0.1, -0.05) is 123 Å². The quantitative estimate of drug-likeness (QED) is 0.0447. The predicted molar refractivity (Wildman–Crippen MR) is 160 cm³/mol. The molecule has 2 atom stereocenters. The van der Waals surface area contributed by atoms with Crippen LogP contribution in [0.4, 0.5) is 0 Å². The number of phosphoric acid groups is 1. The maximum absolute atomic E-state index is 11.9. The van der Waals surface area contributed by atoms with Gasteiger partial charge in [-0.3, -0.25) is 18.6 Å². The number of amides is 1. The van der Waals surface area contributed by atoms with Gasteiger partial charge in [-0.05, 0) is 12.8 Å². The second-order valence-electron chi connectivity index (χ2n) is 10.8. The molecule has 0 saturated heterocycles. The SMILES string of the molecule is CCCCCCCCCCCCCCCCCCCCC(=O)NCCOP(=O)(O)OCC(O)COC(=O)CCC. The van der Waals surface area contributed by atoms with E-state index in [1.54, 1.807) is 0 Å². The average Bonchev–Trinajstić information content (AvgIpc) is 2.92. The molecule has 0 rings (SSSR count). The van der Waals surface area contributed by atoms with Crippen LogP contribution in [-0.4, -0.2) is 54.3 Å². The molecule has 0 aromatic heterocycles. The fraction of sp³-hybridized carbons (Fsp3) is 0.933. The van der Waals surface area contributed by atoms with Crippen molar-refractivity contribution < 1.29 is 37.9 Å². The summed E-state index contributed by atoms with van der Waals surface area (Å²) < 4.78 is 26.1. The number of carbonyl (C=O) groups excluding carboxylic acids is 2. The van der Waals surface area contributed by atoms with Gasteiger partial charge in [0.05, 0.1) is 13.2 Å². The first-order valence-electron chi connectivity index (χ1n) is 16.0. The highest BCUT2D eigenvalue weighted by Gasteiger charge is 2.23. The monoisotopic (exact) mass is 593 g/mol. The van der Waals surface area contributed by atoms with Crippen molar-refractivity contribution in [3.63, 3.8) is 0 Å². The number of ether oxygens (including phenoxy) is 1. The molecule has 40 heavy (non-hydrogen) atoms. The molecule has 0 aromatic carbocycles. The average molecular weight is 594 g/mol. The summed E-state index contributed by atoms with van der Waals surface area (Å²) in [5.74, 6) is -0.566. The third kappa shape index (κ3) is 28.5. The second kappa shape index (κ2) is 28.1. The van der Waals surface area contributed by atoms with E-state index in [0.717, 1.165) is 19.3 Å². The minimum absolute atomic E-state index is 0.0863. The highest BCUT2D eigenvalue weighted by molar-refractivity contribution is 7.47. The van der Waals surface area contributed by atoms with Crippen LogP contribution in [0.25, 0.3) is 0 Å². The Labute approximate surface area is 244 Å². The van der Waals surface area contributed by atoms with E-state index >= 15 is 0 Å². The Kier molecular flexibility index (Phi) is 27.4. The Morgan fingerprint density at radius 3 is 1.62 bits per heavy atom. The zero-order chi connectivity index (χ0) is 29.7. The first-order valence-corrected chi connectivity index (χ1v) is 17.5. The van der Waals surface area contributed by atoms with Gasteiger partial charge in [0.15, 0.2) is 0 Å². The molecule has 0 aliphatic heterocycles. The third-order valence-electron chi connectivity index (χ3n) is 6.76. The Morgan fingerprint density at radius 1 is 0.675 bits per heavy atom. The van der Waals surface area contributed by atoms with Crippen LogP contribution in [0, 0.1) is 0 Å². The summed E-state index contributed by atoms with van der Waals surface area (Å²) >= 11 is 0. The molecule has 0 bridgehead atoms. The molecular formula is C30H60NO8P. The van der Waals surface area contributed by atoms with Gasteiger partial charge < -0.3 is 20.1 Å². The smallest absolute Gasteiger partial charge is 0.463 e. The van der Waals surface area contributed by atoms with Crippen molar-refractivity contribution in [1.82, 2.24) is 5.32 Å². The van der Waals surface area contributed by atoms with Crippen LogP contribution in [0.15, 0.2) is 0 Å². The van der Waals surface area contributed by atoms with E-state index in [1.165, 1.54) is 96.3 Å². The Balaban J connectivity index is 3.47. The topological polar surface area (TPSA) is 131 Å². The van der Waals surface area contributed by atoms with Crippen LogP contribution >= 0.6 is 7.82 Å². The third-order valence-corrected chi connectivity index (χ3v) is 7.74. The molecule has 0 aromatic rings. The number of aliphatic hydroxyl groups is 1. The van der Waals surface area contributed by atoms with E-state index in [9.17, 15) is 24.2 Å². The largest absolute Gasteiger partial charge is 0.472 e. The van der Waals surface area contributed by atoms with Crippen molar-refractivity contribution in [3.05, 3.63) is 0 Å². The molecule has 2 unspecified atom stereocenters. The lowest BCUT2D eigenvalue weighted by Crippen LogP contribution is -2.27. The molecule has 3 N–H and O–H groups in total. The van der Waals surface area contributed by atoms with Crippen LogP contribution in [0.2, 0.25) is 0 Å². The van der Waals surface area contributed by atoms with Crippen molar-refractivity contribution in [1.29, 1.82) is 0 Å². The molecule has 0 fully saturated rings. The maximum atomic E-state index is 11.9. The number of unbranched alkanes of at least 4 members (excludes halogenated alkanes) is 17. The van der Waals surface area contributed by atoms with Crippen molar-refractivity contribution in [2.45, 2.75) is 155 Å². The van der Waals surface area contributed by atoms with E-state index in [-0.39, 0.29) is 32.1 Å². The predicted octanol–water partition coefficient (Wildman–Crippen LogP) is 7.37. The number of hydrogen-bond acceptors (Lipinski definition) is 7. The van der Waals surface area contributed by atoms with Gasteiger partial charge >= 0.3 is 13.8 Å². The molecular weight excluding hydrogens is 533 g/mol. The lowest BCUT2D eigenvalue weighted by molar-refractivity contribution is -0.147. The van der Waals surface area contributed by atoms with Gasteiger partial charge in [0, 0.05) is 19.4 Å². The Morgan fingerprint density at radius 2 is 1.15 bits per heavy atom. The number of carbonyl (C=O) groups is 2. The van der Waals surface area contributed by atoms with Gasteiger partial charge in [0.1, 0.15) is 12.7 Å². The summed E-state index contributed by atoms with van der Waals surface area (Å²) in [4.78, 5) is 32.8. The van der Waals surface area contributed by atoms with Crippen LogP contribution in [0.5, 0.6) is 0 Å². The fourth-order valence-electron chi connectivity index (χ4n) is 4.36. The zero-order valence-corrected chi connectivity index (χ0v) is 26.4. The van der Waals surface area contributed by atoms with E-state index in [4.69, 9.17) is 13.8 Å². The summed E-state index contributed by atoms with van der Waals surface area (Å²) in [5.41, 5.74) is 0. The van der Waals surface area contributed by atoms with Crippen LogP contribution < -0.4 is 5.32 Å². The lowest BCUT2D eigenvalue weighted by atomic mass is 10.0. The van der Waals surface area contributed by atoms with Crippen LogP contribution in [-0.2, 0) is 27.9 Å². The number of hydrogen-bond donors (Lipinski definition) is 3. The minimum atomic E-state index is -4.38. The van der Waals surface area contributed by atoms with Gasteiger partial charge in [0.2, 0.25) is 5.91 Å². The van der Waals surface area contributed by atoms with Crippen LogP contribution in [0.1, 0.15) is 149 Å². The van der Waals surface area contributed by atoms with E-state index in [1.807, 2.05) is 6.92 Å². The zero-order valence-electron chi connectivity index (χ0n) is 25.5. The molecule has 238 valence electrons. The van der Waals surface area contributed by atoms with Crippen molar-refractivity contribution in [3.8, 4) is 0 Å². The number of rotatable bonds is 30. The van der Waals surface area contributed by atoms with Gasteiger partial charge in [0.25, 0.3) is 0 Å². The van der Waals surface area contributed by atoms with Gasteiger partial charge in [-0.25, -0.2) is 4.57 Å². The summed E-state index contributed by atoms with van der Waals surface area (Å²) in [7, 11) is -4.38. The van der Waals surface area contributed by atoms with Gasteiger partial charge in [-0.2, -0.15) is 0 Å². The molecule has 0 radical (unpaired) electrons. The first kappa shape index (κ1) is 39.0. The van der Waals surface area contributed by atoms with E-state index in [2.05, 4.69) is 12.2 Å². The Hall–Kier alpha value is -0.990. The highest BCUT2D eigenvalue weighted by atomic mass is 31.2. The first-order chi connectivity index (χ1) is 19.3. The van der Waals surface area contributed by atoms with Crippen molar-refractivity contribution in [2.75, 3.05) is 26.4 Å². The standard InChI is InChI=1S/C30H60NO8P/c1-3-5-6-7-8-9-10-11-12-13-14-15-16-17-18-19-20-21-23-29(33)31-24-25-38-40(35,36)39-27-28(32)26-37-30(34)22-4-2/h28,32H,3-27H2,1-2H3,(H,31,33)(H,35,36). The minimum Gasteiger partial charge on any atom is -0.463 e.